The Bertz CT molecular complexity index is 1190. The minimum atomic E-state index is -0.213. The van der Waals surface area contributed by atoms with Crippen LogP contribution in [0.4, 0.5) is 5.82 Å². The zero-order valence-corrected chi connectivity index (χ0v) is 16.6. The maximum absolute atomic E-state index is 12.8. The van der Waals surface area contributed by atoms with E-state index in [9.17, 15) is 4.79 Å². The minimum Gasteiger partial charge on any atom is -0.309 e. The molecule has 0 unspecified atom stereocenters. The number of anilines is 1. The summed E-state index contributed by atoms with van der Waals surface area (Å²) in [5.74, 6) is 1.02. The Balaban J connectivity index is 1.36. The highest BCUT2D eigenvalue weighted by molar-refractivity contribution is 5.91. The van der Waals surface area contributed by atoms with Gasteiger partial charge in [0.15, 0.2) is 0 Å². The number of carbonyl (C=O) groups excluding carboxylic acids is 1. The molecule has 1 N–H and O–H groups in total. The van der Waals surface area contributed by atoms with Gasteiger partial charge in [-0.2, -0.15) is 9.90 Å². The molecule has 0 aliphatic heterocycles. The van der Waals surface area contributed by atoms with Gasteiger partial charge in [-0.15, -0.1) is 10.2 Å². The zero-order valence-electron chi connectivity index (χ0n) is 16.6. The van der Waals surface area contributed by atoms with Crippen LogP contribution in [0.15, 0.2) is 54.6 Å². The van der Waals surface area contributed by atoms with Crippen LogP contribution in [-0.2, 0) is 24.2 Å². The topological polar surface area (TPSA) is 90.5 Å². The lowest BCUT2D eigenvalue weighted by molar-refractivity contribution is -0.117. The number of nitrogens with zero attached hydrogens (tertiary/aromatic N) is 6. The fourth-order valence-electron chi connectivity index (χ4n) is 3.70. The average Bonchev–Trinajstić information content (AvgIpc) is 3.47. The van der Waals surface area contributed by atoms with E-state index >= 15 is 0 Å². The summed E-state index contributed by atoms with van der Waals surface area (Å²) < 4.78 is 1.81. The van der Waals surface area contributed by atoms with E-state index in [1.54, 1.807) is 0 Å². The van der Waals surface area contributed by atoms with Crippen molar-refractivity contribution >= 4 is 11.7 Å². The zero-order chi connectivity index (χ0) is 20.5. The third-order valence-corrected chi connectivity index (χ3v) is 5.21. The van der Waals surface area contributed by atoms with Gasteiger partial charge in [-0.05, 0) is 43.5 Å². The van der Waals surface area contributed by atoms with Gasteiger partial charge >= 0.3 is 0 Å². The molecule has 4 aromatic rings. The SMILES string of the molecule is Cc1ccc(-c2nnn(CC(=O)Nc3c4c(nn3-c3ccccc3)CCC4)n2)cc1. The number of benzene rings is 2. The van der Waals surface area contributed by atoms with Crippen molar-refractivity contribution in [2.45, 2.75) is 32.7 Å². The normalized spacial score (nSPS) is 12.7. The van der Waals surface area contributed by atoms with Crippen LogP contribution in [0.3, 0.4) is 0 Å². The van der Waals surface area contributed by atoms with E-state index in [0.717, 1.165) is 53.2 Å². The van der Waals surface area contributed by atoms with Crippen molar-refractivity contribution in [2.75, 3.05) is 5.32 Å². The quantitative estimate of drug-likeness (QED) is 0.557. The second-order valence-electron chi connectivity index (χ2n) is 7.43. The predicted molar refractivity (Wildman–Crippen MR) is 112 cm³/mol. The molecule has 8 nitrogen and oxygen atoms in total. The molecule has 2 aromatic carbocycles. The molecule has 2 heterocycles. The van der Waals surface area contributed by atoms with Crippen LogP contribution in [0, 0.1) is 6.92 Å². The van der Waals surface area contributed by atoms with E-state index < -0.39 is 0 Å². The van der Waals surface area contributed by atoms with Gasteiger partial charge in [0, 0.05) is 11.1 Å². The fraction of sp³-hybridized carbons (Fsp3) is 0.227. The van der Waals surface area contributed by atoms with Crippen LogP contribution < -0.4 is 5.32 Å². The predicted octanol–water partition coefficient (Wildman–Crippen LogP) is 2.96. The summed E-state index contributed by atoms with van der Waals surface area (Å²) in [6.07, 6.45) is 2.90. The summed E-state index contributed by atoms with van der Waals surface area (Å²) >= 11 is 0. The molecule has 1 aliphatic rings. The number of nitrogens with one attached hydrogen (secondary N) is 1. The first-order valence-electron chi connectivity index (χ1n) is 9.98. The molecular formula is C22H21N7O. The van der Waals surface area contributed by atoms with E-state index in [0.29, 0.717) is 5.82 Å². The van der Waals surface area contributed by atoms with E-state index in [-0.39, 0.29) is 12.5 Å². The first-order chi connectivity index (χ1) is 14.7. The van der Waals surface area contributed by atoms with Gasteiger partial charge in [0.1, 0.15) is 12.4 Å². The molecule has 2 aromatic heterocycles. The third kappa shape index (κ3) is 3.47. The molecule has 0 bridgehead atoms. The smallest absolute Gasteiger partial charge is 0.249 e. The van der Waals surface area contributed by atoms with Gasteiger partial charge in [0.05, 0.1) is 11.4 Å². The van der Waals surface area contributed by atoms with E-state index in [1.807, 2.05) is 66.2 Å². The van der Waals surface area contributed by atoms with E-state index in [4.69, 9.17) is 5.10 Å². The Morgan fingerprint density at radius 3 is 2.63 bits per heavy atom. The summed E-state index contributed by atoms with van der Waals surface area (Å²) in [5, 5.41) is 20.2. The number of para-hydroxylation sites is 1. The summed E-state index contributed by atoms with van der Waals surface area (Å²) in [5.41, 5.74) is 5.11. The minimum absolute atomic E-state index is 0.0202. The Morgan fingerprint density at radius 1 is 1.03 bits per heavy atom. The van der Waals surface area contributed by atoms with Crippen LogP contribution >= 0.6 is 0 Å². The molecule has 1 amide bonds. The highest BCUT2D eigenvalue weighted by Crippen LogP contribution is 2.30. The fourth-order valence-corrected chi connectivity index (χ4v) is 3.70. The molecule has 8 heteroatoms. The Hall–Kier alpha value is -3.81. The maximum atomic E-state index is 12.8. The standard InChI is InChI=1S/C22H21N7O/c1-15-10-12-16(13-11-15)21-24-27-28(26-21)14-20(30)23-22-18-8-5-9-19(18)25-29(22)17-6-3-2-4-7-17/h2-4,6-7,10-13H,5,8-9,14H2,1H3,(H,23,30). The summed E-state index contributed by atoms with van der Waals surface area (Å²) in [4.78, 5) is 14.1. The molecule has 0 atom stereocenters. The van der Waals surface area contributed by atoms with Gasteiger partial charge in [0.25, 0.3) is 0 Å². The third-order valence-electron chi connectivity index (χ3n) is 5.21. The molecule has 0 spiro atoms. The number of hydrogen-bond acceptors (Lipinski definition) is 5. The van der Waals surface area contributed by atoms with Crippen molar-refractivity contribution in [3.63, 3.8) is 0 Å². The number of aryl methyl sites for hydroxylation is 2. The van der Waals surface area contributed by atoms with Gasteiger partial charge in [-0.25, -0.2) is 4.68 Å². The lowest BCUT2D eigenvalue weighted by atomic mass is 10.1. The van der Waals surface area contributed by atoms with Crippen molar-refractivity contribution in [1.82, 2.24) is 30.0 Å². The number of amides is 1. The first kappa shape index (κ1) is 18.2. The molecule has 0 saturated carbocycles. The molecule has 0 radical (unpaired) electrons. The van der Waals surface area contributed by atoms with Crippen molar-refractivity contribution in [1.29, 1.82) is 0 Å². The molecule has 0 saturated heterocycles. The number of fused-ring (bicyclic) bond motifs is 1. The molecule has 150 valence electrons. The van der Waals surface area contributed by atoms with Gasteiger partial charge in [-0.3, -0.25) is 4.79 Å². The molecule has 1 aliphatic carbocycles. The maximum Gasteiger partial charge on any atom is 0.249 e. The van der Waals surface area contributed by atoms with Gasteiger partial charge < -0.3 is 5.32 Å². The lowest BCUT2D eigenvalue weighted by Crippen LogP contribution is -2.22. The van der Waals surface area contributed by atoms with Crippen LogP contribution in [-0.4, -0.2) is 35.9 Å². The van der Waals surface area contributed by atoms with Gasteiger partial charge in [0.2, 0.25) is 11.7 Å². The van der Waals surface area contributed by atoms with Gasteiger partial charge in [-0.1, -0.05) is 48.0 Å². The van der Waals surface area contributed by atoms with Crippen LogP contribution in [0.2, 0.25) is 0 Å². The first-order valence-corrected chi connectivity index (χ1v) is 9.98. The average molecular weight is 399 g/mol. The van der Waals surface area contributed by atoms with Crippen molar-refractivity contribution < 1.29 is 4.79 Å². The number of hydrogen-bond donors (Lipinski definition) is 1. The highest BCUT2D eigenvalue weighted by atomic mass is 16.2. The molecule has 30 heavy (non-hydrogen) atoms. The van der Waals surface area contributed by atoms with E-state index in [1.165, 1.54) is 4.80 Å². The number of carbonyl (C=O) groups is 1. The van der Waals surface area contributed by atoms with Crippen molar-refractivity contribution in [3.8, 4) is 17.1 Å². The molecule has 0 fully saturated rings. The number of rotatable bonds is 5. The van der Waals surface area contributed by atoms with Crippen molar-refractivity contribution in [2.24, 2.45) is 0 Å². The van der Waals surface area contributed by atoms with Crippen LogP contribution in [0.25, 0.3) is 17.1 Å². The number of aromatic nitrogens is 6. The summed E-state index contributed by atoms with van der Waals surface area (Å²) in [6, 6.07) is 17.7. The highest BCUT2D eigenvalue weighted by Gasteiger charge is 2.24. The monoisotopic (exact) mass is 399 g/mol. The van der Waals surface area contributed by atoms with Crippen molar-refractivity contribution in [3.05, 3.63) is 71.4 Å². The summed E-state index contributed by atoms with van der Waals surface area (Å²) in [6.45, 7) is 2.00. The van der Waals surface area contributed by atoms with Crippen LogP contribution in [0.1, 0.15) is 23.2 Å². The Kier molecular flexibility index (Phi) is 4.59. The summed E-state index contributed by atoms with van der Waals surface area (Å²) in [7, 11) is 0. The Labute approximate surface area is 173 Å². The van der Waals surface area contributed by atoms with E-state index in [2.05, 4.69) is 20.7 Å². The second-order valence-corrected chi connectivity index (χ2v) is 7.43. The number of tetrazole rings is 1. The molecular weight excluding hydrogens is 378 g/mol. The lowest BCUT2D eigenvalue weighted by Gasteiger charge is -2.10. The Morgan fingerprint density at radius 2 is 1.83 bits per heavy atom. The molecule has 5 rings (SSSR count). The second kappa shape index (κ2) is 7.55. The van der Waals surface area contributed by atoms with Crippen LogP contribution in [0.5, 0.6) is 0 Å². The largest absolute Gasteiger partial charge is 0.309 e.